The highest BCUT2D eigenvalue weighted by Gasteiger charge is 2.24. The predicted octanol–water partition coefficient (Wildman–Crippen LogP) is 4.53. The van der Waals surface area contributed by atoms with Crippen molar-refractivity contribution < 1.29 is 18.3 Å². The quantitative estimate of drug-likeness (QED) is 0.403. The van der Waals surface area contributed by atoms with Crippen LogP contribution in [0.1, 0.15) is 39.9 Å². The Bertz CT molecular complexity index is 1190. The highest BCUT2D eigenvalue weighted by Crippen LogP contribution is 2.29. The molecule has 5 nitrogen and oxygen atoms in total. The maximum atomic E-state index is 15.3. The lowest BCUT2D eigenvalue weighted by molar-refractivity contribution is 0.0737. The van der Waals surface area contributed by atoms with E-state index in [0.29, 0.717) is 22.6 Å². The first kappa shape index (κ1) is 22.5. The second-order valence-corrected chi connectivity index (χ2v) is 8.84. The fraction of sp³-hybridized carbons (Fsp3) is 0.292. The van der Waals surface area contributed by atoms with Crippen molar-refractivity contribution in [1.29, 1.82) is 0 Å². The van der Waals surface area contributed by atoms with Gasteiger partial charge in [0.05, 0.1) is 13.2 Å². The van der Waals surface area contributed by atoms with E-state index in [1.807, 2.05) is 0 Å². The van der Waals surface area contributed by atoms with E-state index in [-0.39, 0.29) is 36.3 Å². The number of carbonyl (C=O) groups excluding carboxylic acids is 1. The van der Waals surface area contributed by atoms with Crippen molar-refractivity contribution >= 4 is 21.7 Å². The van der Waals surface area contributed by atoms with Crippen LogP contribution in [0, 0.1) is 17.6 Å². The number of benzene rings is 1. The van der Waals surface area contributed by atoms with Gasteiger partial charge >= 0.3 is 0 Å². The van der Waals surface area contributed by atoms with Gasteiger partial charge in [-0.05, 0) is 48.1 Å². The first-order chi connectivity index (χ1) is 15.4. The molecule has 0 amide bonds. The maximum absolute atomic E-state index is 15.3. The highest BCUT2D eigenvalue weighted by molar-refractivity contribution is 9.10. The Morgan fingerprint density at radius 3 is 2.75 bits per heavy atom. The van der Waals surface area contributed by atoms with Crippen LogP contribution in [-0.4, -0.2) is 28.5 Å². The van der Waals surface area contributed by atoms with E-state index in [4.69, 9.17) is 4.74 Å². The number of halogens is 3. The van der Waals surface area contributed by atoms with Crippen LogP contribution in [-0.2, 0) is 17.7 Å². The van der Waals surface area contributed by atoms with Crippen LogP contribution in [0.4, 0.5) is 8.78 Å². The molecule has 2 heterocycles. The third-order valence-corrected chi connectivity index (χ3v) is 5.86. The molecule has 1 aromatic carbocycles. The van der Waals surface area contributed by atoms with Gasteiger partial charge in [0, 0.05) is 40.6 Å². The van der Waals surface area contributed by atoms with Gasteiger partial charge in [0.15, 0.2) is 11.6 Å². The number of rotatable bonds is 9. The molecule has 3 aromatic rings. The van der Waals surface area contributed by atoms with E-state index in [9.17, 15) is 14.0 Å². The van der Waals surface area contributed by atoms with Crippen LogP contribution >= 0.6 is 15.9 Å². The summed E-state index contributed by atoms with van der Waals surface area (Å²) in [5, 5.41) is 0. The molecular weight excluding hydrogens is 482 g/mol. The Morgan fingerprint density at radius 1 is 1.25 bits per heavy atom. The molecule has 166 valence electrons. The summed E-state index contributed by atoms with van der Waals surface area (Å²) in [7, 11) is 0. The van der Waals surface area contributed by atoms with Crippen LogP contribution in [0.5, 0.6) is 0 Å². The number of ketones is 1. The molecule has 1 aliphatic rings. The van der Waals surface area contributed by atoms with Crippen molar-refractivity contribution in [1.82, 2.24) is 9.55 Å². The first-order valence-corrected chi connectivity index (χ1v) is 11.1. The molecule has 0 spiro atoms. The topological polar surface area (TPSA) is 61.2 Å². The van der Waals surface area contributed by atoms with Crippen molar-refractivity contribution in [2.24, 2.45) is 5.92 Å². The molecule has 8 heteroatoms. The van der Waals surface area contributed by atoms with Gasteiger partial charge in [-0.1, -0.05) is 28.1 Å². The van der Waals surface area contributed by atoms with E-state index >= 15 is 4.39 Å². The minimum Gasteiger partial charge on any atom is -0.373 e. The Balaban J connectivity index is 1.70. The smallest absolute Gasteiger partial charge is 0.287 e. The van der Waals surface area contributed by atoms with Gasteiger partial charge in [-0.3, -0.25) is 14.6 Å². The van der Waals surface area contributed by atoms with Crippen molar-refractivity contribution in [2.75, 3.05) is 13.2 Å². The molecule has 0 unspecified atom stereocenters. The normalized spacial score (nSPS) is 13.3. The Morgan fingerprint density at radius 2 is 2.06 bits per heavy atom. The number of hydrogen-bond acceptors (Lipinski definition) is 4. The summed E-state index contributed by atoms with van der Waals surface area (Å²) in [6.45, 7) is 0.302. The van der Waals surface area contributed by atoms with Crippen molar-refractivity contribution in [3.05, 3.63) is 97.6 Å². The number of ether oxygens (including phenoxy) is 1. The SMILES string of the molecule is O=C(COCC1CC1)c1cn(Cc2cccnc2)c(=O)c(F)c1Cc1ccc(Br)cc1F. The second kappa shape index (κ2) is 9.83. The summed E-state index contributed by atoms with van der Waals surface area (Å²) in [6.07, 6.45) is 6.43. The molecule has 1 aliphatic carbocycles. The first-order valence-electron chi connectivity index (χ1n) is 10.3. The van der Waals surface area contributed by atoms with E-state index in [2.05, 4.69) is 20.9 Å². The Labute approximate surface area is 192 Å². The maximum Gasteiger partial charge on any atom is 0.287 e. The summed E-state index contributed by atoms with van der Waals surface area (Å²) in [5.41, 5.74) is -0.117. The monoisotopic (exact) mass is 502 g/mol. The van der Waals surface area contributed by atoms with Gasteiger partial charge in [0.2, 0.25) is 0 Å². The van der Waals surface area contributed by atoms with Crippen molar-refractivity contribution in [2.45, 2.75) is 25.8 Å². The Hall–Kier alpha value is -2.71. The summed E-state index contributed by atoms with van der Waals surface area (Å²) >= 11 is 3.19. The molecule has 4 rings (SSSR count). The zero-order valence-electron chi connectivity index (χ0n) is 17.2. The number of Topliss-reactive ketones (excluding diaryl/α,β-unsaturated/α-hetero) is 1. The van der Waals surface area contributed by atoms with Crippen molar-refractivity contribution in [3.63, 3.8) is 0 Å². The number of nitrogens with zero attached hydrogens (tertiary/aromatic N) is 2. The van der Waals surface area contributed by atoms with E-state index < -0.39 is 23.0 Å². The number of carbonyl (C=O) groups is 1. The largest absolute Gasteiger partial charge is 0.373 e. The third kappa shape index (κ3) is 5.37. The van der Waals surface area contributed by atoms with Crippen LogP contribution in [0.2, 0.25) is 0 Å². The van der Waals surface area contributed by atoms with Gasteiger partial charge in [-0.2, -0.15) is 0 Å². The molecule has 0 radical (unpaired) electrons. The summed E-state index contributed by atoms with van der Waals surface area (Å²) in [5.74, 6) is -1.60. The van der Waals surface area contributed by atoms with Crippen LogP contribution in [0.3, 0.4) is 0 Å². The van der Waals surface area contributed by atoms with Crippen molar-refractivity contribution in [3.8, 4) is 0 Å². The van der Waals surface area contributed by atoms with E-state index in [1.165, 1.54) is 18.3 Å². The minimum atomic E-state index is -1.07. The molecule has 1 saturated carbocycles. The van der Waals surface area contributed by atoms with Gasteiger partial charge < -0.3 is 9.30 Å². The second-order valence-electron chi connectivity index (χ2n) is 7.92. The average Bonchev–Trinajstić information content (AvgIpc) is 3.60. The summed E-state index contributed by atoms with van der Waals surface area (Å²) < 4.78 is 36.9. The molecule has 0 bridgehead atoms. The number of pyridine rings is 2. The molecule has 2 aromatic heterocycles. The van der Waals surface area contributed by atoms with E-state index in [1.54, 1.807) is 30.6 Å². The standard InChI is InChI=1S/C24H21BrF2N2O3/c25-18-6-5-17(21(26)9-18)8-19-20(22(30)14-32-13-15-3-4-15)12-29(24(31)23(19)27)11-16-2-1-7-28-10-16/h1-2,5-7,9-10,12,15H,3-4,8,11,13-14H2. The summed E-state index contributed by atoms with van der Waals surface area (Å²) in [6, 6.07) is 7.84. The lowest BCUT2D eigenvalue weighted by Gasteiger charge is -2.15. The molecule has 0 aliphatic heterocycles. The minimum absolute atomic E-state index is 0.0177. The zero-order chi connectivity index (χ0) is 22.7. The van der Waals surface area contributed by atoms with Crippen LogP contribution < -0.4 is 5.56 Å². The number of aromatic nitrogens is 2. The average molecular weight is 503 g/mol. The lowest BCUT2D eigenvalue weighted by Crippen LogP contribution is -2.28. The van der Waals surface area contributed by atoms with Gasteiger partial charge in [0.25, 0.3) is 5.56 Å². The van der Waals surface area contributed by atoms with Gasteiger partial charge in [-0.25, -0.2) is 8.78 Å². The molecule has 32 heavy (non-hydrogen) atoms. The molecule has 0 N–H and O–H groups in total. The molecule has 0 saturated heterocycles. The fourth-order valence-corrected chi connectivity index (χ4v) is 3.75. The van der Waals surface area contributed by atoms with Gasteiger partial charge in [0.1, 0.15) is 12.4 Å². The fourth-order valence-electron chi connectivity index (χ4n) is 3.42. The van der Waals surface area contributed by atoms with Gasteiger partial charge in [-0.15, -0.1) is 0 Å². The Kier molecular flexibility index (Phi) is 6.91. The lowest BCUT2D eigenvalue weighted by atomic mass is 9.98. The third-order valence-electron chi connectivity index (χ3n) is 5.37. The predicted molar refractivity (Wildman–Crippen MR) is 119 cm³/mol. The molecule has 0 atom stereocenters. The highest BCUT2D eigenvalue weighted by atomic mass is 79.9. The van der Waals surface area contributed by atoms with E-state index in [0.717, 1.165) is 17.4 Å². The van der Waals surface area contributed by atoms with Crippen LogP contribution in [0.25, 0.3) is 0 Å². The zero-order valence-corrected chi connectivity index (χ0v) is 18.8. The molecule has 1 fully saturated rings. The molecular formula is C24H21BrF2N2O3. The van der Waals surface area contributed by atoms with Crippen LogP contribution in [0.15, 0.2) is 58.2 Å². The number of hydrogen-bond donors (Lipinski definition) is 0. The summed E-state index contributed by atoms with van der Waals surface area (Å²) in [4.78, 5) is 29.7.